The summed E-state index contributed by atoms with van der Waals surface area (Å²) in [6.07, 6.45) is 14.2. The minimum Gasteiger partial charge on any atom is -0.237 e. The van der Waals surface area contributed by atoms with Crippen molar-refractivity contribution in [1.82, 2.24) is 10.0 Å². The summed E-state index contributed by atoms with van der Waals surface area (Å²) in [5.74, 6) is 0. The van der Waals surface area contributed by atoms with Gasteiger partial charge in [0.05, 0.1) is 0 Å². The molecule has 0 radical (unpaired) electrons. The minimum atomic E-state index is 0.317. The number of fused-ring (bicyclic) bond motifs is 3. The lowest BCUT2D eigenvalue weighted by Gasteiger charge is -2.47. The highest BCUT2D eigenvalue weighted by Gasteiger charge is 2.57. The van der Waals surface area contributed by atoms with Crippen LogP contribution in [0.2, 0.25) is 0 Å². The lowest BCUT2D eigenvalue weighted by atomic mass is 9.68. The largest absolute Gasteiger partial charge is 0.237 e. The Hall–Kier alpha value is -0.0800. The highest BCUT2D eigenvalue weighted by Crippen LogP contribution is 2.53. The van der Waals surface area contributed by atoms with E-state index in [1.807, 2.05) is 0 Å². The molecule has 1 saturated carbocycles. The number of hydrogen-bond donors (Lipinski definition) is 0. The summed E-state index contributed by atoms with van der Waals surface area (Å²) >= 11 is 0. The molecule has 3 fully saturated rings. The third kappa shape index (κ3) is 2.57. The van der Waals surface area contributed by atoms with Crippen molar-refractivity contribution >= 4 is 0 Å². The molecule has 2 nitrogen and oxygen atoms in total. The summed E-state index contributed by atoms with van der Waals surface area (Å²) in [5.41, 5.74) is 0.852. The normalized spacial score (nSPS) is 39.4. The zero-order valence-corrected chi connectivity index (χ0v) is 14.8. The van der Waals surface area contributed by atoms with Crippen LogP contribution in [0, 0.1) is 5.41 Å². The van der Waals surface area contributed by atoms with E-state index in [-0.39, 0.29) is 0 Å². The van der Waals surface area contributed by atoms with Crippen molar-refractivity contribution in [2.75, 3.05) is 6.54 Å². The van der Waals surface area contributed by atoms with E-state index in [1.54, 1.807) is 0 Å². The van der Waals surface area contributed by atoms with E-state index < -0.39 is 0 Å². The van der Waals surface area contributed by atoms with Crippen LogP contribution in [0.3, 0.4) is 0 Å². The average Bonchev–Trinajstić information content (AvgIpc) is 2.70. The molecule has 0 spiro atoms. The molecule has 21 heavy (non-hydrogen) atoms. The lowest BCUT2D eigenvalue weighted by Crippen LogP contribution is -2.56. The van der Waals surface area contributed by atoms with Crippen molar-refractivity contribution in [1.29, 1.82) is 0 Å². The molecule has 0 N–H and O–H groups in total. The van der Waals surface area contributed by atoms with Gasteiger partial charge in [0.2, 0.25) is 0 Å². The lowest BCUT2D eigenvalue weighted by molar-refractivity contribution is -0.112. The van der Waals surface area contributed by atoms with Crippen LogP contribution >= 0.6 is 0 Å². The molecule has 2 saturated heterocycles. The van der Waals surface area contributed by atoms with Crippen LogP contribution in [0.25, 0.3) is 0 Å². The van der Waals surface area contributed by atoms with E-state index in [2.05, 4.69) is 37.7 Å². The fourth-order valence-corrected chi connectivity index (χ4v) is 5.44. The summed E-state index contributed by atoms with van der Waals surface area (Å²) in [6, 6.07) is 1.61. The Bertz CT molecular complexity index is 365. The number of hydrogen-bond acceptors (Lipinski definition) is 2. The highest BCUT2D eigenvalue weighted by molar-refractivity contribution is 5.08. The van der Waals surface area contributed by atoms with Gasteiger partial charge >= 0.3 is 0 Å². The molecule has 2 aliphatic heterocycles. The zero-order valence-electron chi connectivity index (χ0n) is 14.8. The van der Waals surface area contributed by atoms with Crippen molar-refractivity contribution in [3.05, 3.63) is 0 Å². The van der Waals surface area contributed by atoms with Crippen molar-refractivity contribution in [3.8, 4) is 0 Å². The second-order valence-electron chi connectivity index (χ2n) is 8.66. The van der Waals surface area contributed by atoms with Crippen LogP contribution < -0.4 is 0 Å². The van der Waals surface area contributed by atoms with Gasteiger partial charge in [-0.1, -0.05) is 46.0 Å². The second-order valence-corrected chi connectivity index (χ2v) is 8.66. The Kier molecular flexibility index (Phi) is 4.40. The molecule has 2 heteroatoms. The molecule has 0 aromatic rings. The highest BCUT2D eigenvalue weighted by atomic mass is 15.7. The Morgan fingerprint density at radius 2 is 1.62 bits per heavy atom. The molecule has 0 aromatic heterocycles. The van der Waals surface area contributed by atoms with Crippen molar-refractivity contribution in [3.63, 3.8) is 0 Å². The van der Waals surface area contributed by atoms with Gasteiger partial charge in [0.25, 0.3) is 0 Å². The van der Waals surface area contributed by atoms with Gasteiger partial charge in [-0.05, 0) is 46.0 Å². The van der Waals surface area contributed by atoms with Gasteiger partial charge in [0.1, 0.15) is 0 Å². The molecule has 0 amide bonds. The molecular weight excluding hydrogens is 256 g/mol. The molecule has 3 rings (SSSR count). The fourth-order valence-electron chi connectivity index (χ4n) is 5.44. The van der Waals surface area contributed by atoms with Gasteiger partial charge in [-0.3, -0.25) is 0 Å². The number of piperidine rings is 1. The minimum absolute atomic E-state index is 0.317. The maximum atomic E-state index is 2.88. The molecule has 0 bridgehead atoms. The smallest absolute Gasteiger partial charge is 0.0321 e. The summed E-state index contributed by atoms with van der Waals surface area (Å²) in [6.45, 7) is 11.3. The SMILES string of the molecule is CCC(C)(C)N1C2CCCCCCC2(C)C2CCCCN21. The maximum absolute atomic E-state index is 2.88. The number of nitrogens with zero attached hydrogens (tertiary/aromatic N) is 2. The zero-order chi connectivity index (χ0) is 15.1. The molecule has 1 aliphatic carbocycles. The molecule has 3 unspecified atom stereocenters. The topological polar surface area (TPSA) is 6.48 Å². The molecule has 3 atom stereocenters. The van der Waals surface area contributed by atoms with Crippen LogP contribution in [0.4, 0.5) is 0 Å². The molecule has 2 heterocycles. The van der Waals surface area contributed by atoms with Gasteiger partial charge in [-0.2, -0.15) is 0 Å². The Morgan fingerprint density at radius 3 is 2.38 bits per heavy atom. The predicted molar refractivity (Wildman–Crippen MR) is 90.2 cm³/mol. The van der Waals surface area contributed by atoms with Crippen LogP contribution in [-0.4, -0.2) is 34.2 Å². The van der Waals surface area contributed by atoms with Gasteiger partial charge in [0, 0.05) is 29.6 Å². The average molecular weight is 293 g/mol. The first-order valence-corrected chi connectivity index (χ1v) is 9.56. The predicted octanol–water partition coefficient (Wildman–Crippen LogP) is 4.99. The quantitative estimate of drug-likeness (QED) is 0.707. The van der Waals surface area contributed by atoms with E-state index in [0.717, 1.165) is 12.1 Å². The van der Waals surface area contributed by atoms with E-state index in [1.165, 1.54) is 70.8 Å². The summed E-state index contributed by atoms with van der Waals surface area (Å²) in [5, 5.41) is 5.71. The number of hydrazine groups is 1. The Morgan fingerprint density at radius 1 is 0.952 bits per heavy atom. The monoisotopic (exact) mass is 292 g/mol. The first-order valence-electron chi connectivity index (χ1n) is 9.56. The van der Waals surface area contributed by atoms with Gasteiger partial charge < -0.3 is 0 Å². The van der Waals surface area contributed by atoms with Gasteiger partial charge in [-0.15, -0.1) is 0 Å². The van der Waals surface area contributed by atoms with Crippen molar-refractivity contribution in [2.45, 2.75) is 110 Å². The van der Waals surface area contributed by atoms with Crippen LogP contribution in [0.5, 0.6) is 0 Å². The molecular formula is C19H36N2. The van der Waals surface area contributed by atoms with Crippen molar-refractivity contribution in [2.24, 2.45) is 5.41 Å². The van der Waals surface area contributed by atoms with Crippen LogP contribution in [0.15, 0.2) is 0 Å². The van der Waals surface area contributed by atoms with E-state index in [9.17, 15) is 0 Å². The Labute approximate surface area is 132 Å². The molecule has 0 aromatic carbocycles. The van der Waals surface area contributed by atoms with Crippen molar-refractivity contribution < 1.29 is 0 Å². The standard InChI is InChI=1S/C19H36N2/c1-5-18(2,3)21-17-13-8-6-7-10-14-19(17,4)16-12-9-11-15-20(16)21/h16-17H,5-15H2,1-4H3. The van der Waals surface area contributed by atoms with Gasteiger partial charge in [0.15, 0.2) is 0 Å². The summed E-state index contributed by atoms with van der Waals surface area (Å²) < 4.78 is 0. The third-order valence-corrected chi connectivity index (χ3v) is 7.00. The van der Waals surface area contributed by atoms with Gasteiger partial charge in [-0.25, -0.2) is 10.0 Å². The molecule has 122 valence electrons. The van der Waals surface area contributed by atoms with E-state index >= 15 is 0 Å². The van der Waals surface area contributed by atoms with E-state index in [0.29, 0.717) is 11.0 Å². The molecule has 3 aliphatic rings. The fraction of sp³-hybridized carbons (Fsp3) is 1.00. The number of rotatable bonds is 2. The first kappa shape index (κ1) is 15.8. The Balaban J connectivity index is 1.97. The van der Waals surface area contributed by atoms with Crippen LogP contribution in [0.1, 0.15) is 91.9 Å². The first-order chi connectivity index (χ1) is 10.0. The van der Waals surface area contributed by atoms with E-state index in [4.69, 9.17) is 0 Å². The third-order valence-electron chi connectivity index (χ3n) is 7.00. The maximum Gasteiger partial charge on any atom is 0.0321 e. The summed E-state index contributed by atoms with van der Waals surface area (Å²) in [4.78, 5) is 0. The second kappa shape index (κ2) is 5.85. The van der Waals surface area contributed by atoms with Crippen LogP contribution in [-0.2, 0) is 0 Å². The summed E-state index contributed by atoms with van der Waals surface area (Å²) in [7, 11) is 0.